The van der Waals surface area contributed by atoms with E-state index in [0.717, 1.165) is 0 Å². The number of carboxylic acids is 1. The topological polar surface area (TPSA) is 71.3 Å². The second kappa shape index (κ2) is 5.52. The Morgan fingerprint density at radius 3 is 2.53 bits per heavy atom. The second-order valence-corrected chi connectivity index (χ2v) is 4.50. The average Bonchev–Trinajstić information content (AvgIpc) is 2.62. The smallest absolute Gasteiger partial charge is 0.326 e. The summed E-state index contributed by atoms with van der Waals surface area (Å²) in [5.74, 6) is -1.14. The lowest BCUT2D eigenvalue weighted by molar-refractivity contribution is -0.139. The predicted molar refractivity (Wildman–Crippen MR) is 63.8 cm³/mol. The molecule has 1 atom stereocenters. The molecule has 0 spiro atoms. The average molecular weight is 238 g/mol. The zero-order valence-corrected chi connectivity index (χ0v) is 10.3. The van der Waals surface area contributed by atoms with Crippen LogP contribution in [0.4, 0.5) is 0 Å². The fraction of sp³-hybridized carbons (Fsp3) is 0.500. The molecule has 1 aromatic heterocycles. The minimum Gasteiger partial charge on any atom is -0.480 e. The van der Waals surface area contributed by atoms with Crippen LogP contribution in [0.25, 0.3) is 0 Å². The van der Waals surface area contributed by atoms with E-state index in [1.807, 2.05) is 13.8 Å². The Bertz CT molecular complexity index is 410. The molecule has 0 aliphatic carbocycles. The van der Waals surface area contributed by atoms with E-state index in [0.29, 0.717) is 12.1 Å². The van der Waals surface area contributed by atoms with Gasteiger partial charge < -0.3 is 15.0 Å². The number of rotatable bonds is 5. The van der Waals surface area contributed by atoms with Gasteiger partial charge in [-0.1, -0.05) is 13.8 Å². The molecule has 0 saturated carbocycles. The van der Waals surface area contributed by atoms with E-state index >= 15 is 0 Å². The van der Waals surface area contributed by atoms with Crippen molar-refractivity contribution in [3.63, 3.8) is 0 Å². The third-order valence-electron chi connectivity index (χ3n) is 2.49. The highest BCUT2D eigenvalue weighted by Gasteiger charge is 2.22. The molecule has 0 saturated heterocycles. The van der Waals surface area contributed by atoms with Crippen LogP contribution in [-0.4, -0.2) is 27.6 Å². The van der Waals surface area contributed by atoms with Gasteiger partial charge in [0.2, 0.25) is 0 Å². The maximum absolute atomic E-state index is 11.8. The van der Waals surface area contributed by atoms with Gasteiger partial charge in [-0.3, -0.25) is 4.79 Å². The van der Waals surface area contributed by atoms with Crippen LogP contribution in [0, 0.1) is 5.92 Å². The van der Waals surface area contributed by atoms with E-state index in [1.165, 1.54) is 0 Å². The molecule has 0 aromatic carbocycles. The monoisotopic (exact) mass is 238 g/mol. The first-order valence-electron chi connectivity index (χ1n) is 5.56. The minimum atomic E-state index is -0.999. The minimum absolute atomic E-state index is 0.213. The summed E-state index contributed by atoms with van der Waals surface area (Å²) in [7, 11) is 1.74. The van der Waals surface area contributed by atoms with Crippen molar-refractivity contribution in [2.75, 3.05) is 0 Å². The van der Waals surface area contributed by atoms with Gasteiger partial charge in [0, 0.05) is 13.2 Å². The van der Waals surface area contributed by atoms with Crippen LogP contribution in [0.15, 0.2) is 18.3 Å². The van der Waals surface area contributed by atoms with Crippen molar-refractivity contribution < 1.29 is 14.7 Å². The summed E-state index contributed by atoms with van der Waals surface area (Å²) < 4.78 is 1.66. The number of nitrogens with one attached hydrogen (secondary N) is 1. The summed E-state index contributed by atoms with van der Waals surface area (Å²) in [6, 6.07) is 2.56. The largest absolute Gasteiger partial charge is 0.480 e. The fourth-order valence-electron chi connectivity index (χ4n) is 1.62. The van der Waals surface area contributed by atoms with Gasteiger partial charge in [-0.25, -0.2) is 4.79 Å². The van der Waals surface area contributed by atoms with Gasteiger partial charge in [-0.15, -0.1) is 0 Å². The molecule has 0 radical (unpaired) electrons. The molecule has 0 fully saturated rings. The Hall–Kier alpha value is -1.78. The highest BCUT2D eigenvalue weighted by molar-refractivity contribution is 5.95. The molecule has 1 rings (SSSR count). The van der Waals surface area contributed by atoms with E-state index in [1.54, 1.807) is 29.9 Å². The maximum atomic E-state index is 11.8. The Balaban J connectivity index is 2.71. The number of aryl methyl sites for hydroxylation is 1. The lowest BCUT2D eigenvalue weighted by Gasteiger charge is -2.16. The van der Waals surface area contributed by atoms with E-state index in [-0.39, 0.29) is 11.8 Å². The molecule has 2 N–H and O–H groups in total. The van der Waals surface area contributed by atoms with Gasteiger partial charge in [0.1, 0.15) is 11.7 Å². The molecule has 0 aliphatic rings. The molecular weight excluding hydrogens is 220 g/mol. The Labute approximate surface area is 100 Å². The maximum Gasteiger partial charge on any atom is 0.326 e. The zero-order chi connectivity index (χ0) is 13.0. The van der Waals surface area contributed by atoms with Gasteiger partial charge in [-0.05, 0) is 24.5 Å². The Morgan fingerprint density at radius 2 is 2.12 bits per heavy atom. The summed E-state index contributed by atoms with van der Waals surface area (Å²) in [5, 5.41) is 11.5. The number of nitrogens with zero attached hydrogens (tertiary/aromatic N) is 1. The summed E-state index contributed by atoms with van der Waals surface area (Å²) in [5.41, 5.74) is 0.458. The third-order valence-corrected chi connectivity index (χ3v) is 2.49. The first-order valence-corrected chi connectivity index (χ1v) is 5.56. The van der Waals surface area contributed by atoms with Crippen LogP contribution in [0.5, 0.6) is 0 Å². The normalized spacial score (nSPS) is 12.5. The Kier molecular flexibility index (Phi) is 4.31. The summed E-state index contributed by atoms with van der Waals surface area (Å²) >= 11 is 0. The van der Waals surface area contributed by atoms with Crippen molar-refractivity contribution in [2.24, 2.45) is 13.0 Å². The molecular formula is C12H18N2O3. The first-order chi connectivity index (χ1) is 7.91. The zero-order valence-electron chi connectivity index (χ0n) is 10.3. The van der Waals surface area contributed by atoms with Crippen LogP contribution >= 0.6 is 0 Å². The predicted octanol–water partition coefficient (Wildman–Crippen LogP) is 1.25. The molecule has 5 heteroatoms. The van der Waals surface area contributed by atoms with Gasteiger partial charge in [-0.2, -0.15) is 0 Å². The number of carboxylic acid groups (broad SMARTS) is 1. The van der Waals surface area contributed by atoms with Gasteiger partial charge >= 0.3 is 5.97 Å². The number of carbonyl (C=O) groups excluding carboxylic acids is 1. The van der Waals surface area contributed by atoms with E-state index in [4.69, 9.17) is 5.11 Å². The van der Waals surface area contributed by atoms with Crippen LogP contribution in [0.3, 0.4) is 0 Å². The van der Waals surface area contributed by atoms with Crippen LogP contribution < -0.4 is 5.32 Å². The van der Waals surface area contributed by atoms with Crippen molar-refractivity contribution in [3.8, 4) is 0 Å². The number of aromatic nitrogens is 1. The third kappa shape index (κ3) is 3.62. The molecule has 0 bridgehead atoms. The molecule has 1 aromatic rings. The van der Waals surface area contributed by atoms with Crippen molar-refractivity contribution in [3.05, 3.63) is 24.0 Å². The van der Waals surface area contributed by atoms with Gasteiger partial charge in [0.15, 0.2) is 0 Å². The molecule has 1 amide bonds. The van der Waals surface area contributed by atoms with Gasteiger partial charge in [0.05, 0.1) is 0 Å². The summed E-state index contributed by atoms with van der Waals surface area (Å²) in [4.78, 5) is 22.8. The molecule has 0 aliphatic heterocycles. The van der Waals surface area contributed by atoms with E-state index in [2.05, 4.69) is 5.32 Å². The van der Waals surface area contributed by atoms with E-state index < -0.39 is 12.0 Å². The molecule has 17 heavy (non-hydrogen) atoms. The van der Waals surface area contributed by atoms with Crippen LogP contribution in [0.2, 0.25) is 0 Å². The highest BCUT2D eigenvalue weighted by Crippen LogP contribution is 2.07. The van der Waals surface area contributed by atoms with Crippen molar-refractivity contribution in [1.29, 1.82) is 0 Å². The number of hydrogen-bond acceptors (Lipinski definition) is 2. The first kappa shape index (κ1) is 13.3. The molecule has 1 unspecified atom stereocenters. The SMILES string of the molecule is CC(C)CC(NC(=O)c1cccn1C)C(=O)O. The van der Waals surface area contributed by atoms with Crippen molar-refractivity contribution in [1.82, 2.24) is 9.88 Å². The number of hydrogen-bond donors (Lipinski definition) is 2. The van der Waals surface area contributed by atoms with E-state index in [9.17, 15) is 9.59 Å². The molecule has 1 heterocycles. The van der Waals surface area contributed by atoms with Crippen molar-refractivity contribution >= 4 is 11.9 Å². The molecule has 94 valence electrons. The lowest BCUT2D eigenvalue weighted by atomic mass is 10.0. The summed E-state index contributed by atoms with van der Waals surface area (Å²) in [6.07, 6.45) is 2.17. The number of carbonyl (C=O) groups is 2. The van der Waals surface area contributed by atoms with Crippen molar-refractivity contribution in [2.45, 2.75) is 26.3 Å². The quantitative estimate of drug-likeness (QED) is 0.811. The fourth-order valence-corrected chi connectivity index (χ4v) is 1.62. The Morgan fingerprint density at radius 1 is 1.47 bits per heavy atom. The summed E-state index contributed by atoms with van der Waals surface area (Å²) in [6.45, 7) is 3.84. The molecule has 5 nitrogen and oxygen atoms in total. The standard InChI is InChI=1S/C12H18N2O3/c1-8(2)7-9(12(16)17)13-11(15)10-5-4-6-14(10)3/h4-6,8-9H,7H2,1-3H3,(H,13,15)(H,16,17). The number of aliphatic carboxylic acids is 1. The van der Waals surface area contributed by atoms with Crippen LogP contribution in [0.1, 0.15) is 30.8 Å². The second-order valence-electron chi connectivity index (χ2n) is 4.50. The highest BCUT2D eigenvalue weighted by atomic mass is 16.4. The lowest BCUT2D eigenvalue weighted by Crippen LogP contribution is -2.42. The van der Waals surface area contributed by atoms with Crippen LogP contribution in [-0.2, 0) is 11.8 Å². The van der Waals surface area contributed by atoms with Gasteiger partial charge in [0.25, 0.3) is 5.91 Å². The number of amides is 1.